The fourth-order valence-electron chi connectivity index (χ4n) is 3.86. The lowest BCUT2D eigenvalue weighted by Crippen LogP contribution is -2.40. The number of carbonyl (C=O) groups is 2. The highest BCUT2D eigenvalue weighted by Crippen LogP contribution is 2.52. The average Bonchev–Trinajstić information content (AvgIpc) is 3.39. The second kappa shape index (κ2) is 6.88. The van der Waals surface area contributed by atoms with Crippen molar-refractivity contribution < 1.29 is 24.2 Å². The smallest absolute Gasteiger partial charge is 0.332 e. The van der Waals surface area contributed by atoms with Gasteiger partial charge in [-0.15, -0.1) is 0 Å². The molecule has 0 radical (unpaired) electrons. The van der Waals surface area contributed by atoms with Crippen molar-refractivity contribution >= 4 is 23.5 Å². The zero-order valence-corrected chi connectivity index (χ0v) is 15.1. The Bertz CT molecular complexity index is 825. The Morgan fingerprint density at radius 3 is 2.58 bits per heavy atom. The van der Waals surface area contributed by atoms with Crippen molar-refractivity contribution in [3.05, 3.63) is 57.9 Å². The van der Waals surface area contributed by atoms with Crippen LogP contribution in [0.5, 0.6) is 0 Å². The van der Waals surface area contributed by atoms with Gasteiger partial charge in [0.15, 0.2) is 0 Å². The molecule has 2 N–H and O–H groups in total. The number of hydrogen-bond donors (Lipinski definition) is 2. The summed E-state index contributed by atoms with van der Waals surface area (Å²) in [4.78, 5) is 24.3. The van der Waals surface area contributed by atoms with E-state index in [0.717, 1.165) is 18.9 Å². The van der Waals surface area contributed by atoms with Crippen LogP contribution in [0.2, 0.25) is 5.02 Å². The molecular formula is C20H20ClFO4. The van der Waals surface area contributed by atoms with Gasteiger partial charge < -0.3 is 10.2 Å². The molecule has 1 aromatic rings. The van der Waals surface area contributed by atoms with Crippen molar-refractivity contribution in [3.63, 3.8) is 0 Å². The van der Waals surface area contributed by atoms with Crippen LogP contribution in [0.3, 0.4) is 0 Å². The van der Waals surface area contributed by atoms with E-state index in [2.05, 4.69) is 0 Å². The van der Waals surface area contributed by atoms with Crippen LogP contribution in [0, 0.1) is 17.2 Å². The molecule has 0 heterocycles. The highest BCUT2D eigenvalue weighted by molar-refractivity contribution is 6.30. The quantitative estimate of drug-likeness (QED) is 0.746. The molecule has 2 unspecified atom stereocenters. The topological polar surface area (TPSA) is 74.6 Å². The SMILES string of the molecule is CC1=CC(CCC2CC2)(C(=O)O)C(c2cc(Cl)ccc2F)C(C(=O)O)=C1. The van der Waals surface area contributed by atoms with Gasteiger partial charge in [-0.2, -0.15) is 0 Å². The van der Waals surface area contributed by atoms with Gasteiger partial charge in [0, 0.05) is 16.5 Å². The van der Waals surface area contributed by atoms with Gasteiger partial charge in [-0.05, 0) is 55.5 Å². The van der Waals surface area contributed by atoms with E-state index in [1.807, 2.05) is 0 Å². The third-order valence-electron chi connectivity index (χ3n) is 5.27. The monoisotopic (exact) mass is 378 g/mol. The molecule has 0 saturated heterocycles. The second-order valence-corrected chi connectivity index (χ2v) is 7.66. The maximum Gasteiger partial charge on any atom is 0.332 e. The van der Waals surface area contributed by atoms with E-state index in [1.54, 1.807) is 13.0 Å². The van der Waals surface area contributed by atoms with Gasteiger partial charge in [0.05, 0.1) is 5.41 Å². The average molecular weight is 379 g/mol. The Balaban J connectivity index is 2.20. The van der Waals surface area contributed by atoms with Crippen LogP contribution in [0.15, 0.2) is 41.5 Å². The molecule has 26 heavy (non-hydrogen) atoms. The Morgan fingerprint density at radius 2 is 2.00 bits per heavy atom. The summed E-state index contributed by atoms with van der Waals surface area (Å²) < 4.78 is 14.6. The van der Waals surface area contributed by atoms with Gasteiger partial charge in [-0.25, -0.2) is 9.18 Å². The van der Waals surface area contributed by atoms with E-state index in [-0.39, 0.29) is 22.6 Å². The lowest BCUT2D eigenvalue weighted by atomic mass is 9.62. The maximum atomic E-state index is 14.6. The minimum absolute atomic E-state index is 0.00750. The predicted molar refractivity (Wildman–Crippen MR) is 95.7 cm³/mol. The number of rotatable bonds is 6. The lowest BCUT2D eigenvalue weighted by Gasteiger charge is -2.39. The second-order valence-electron chi connectivity index (χ2n) is 7.22. The van der Waals surface area contributed by atoms with E-state index < -0.39 is 29.1 Å². The summed E-state index contributed by atoms with van der Waals surface area (Å²) in [5.41, 5.74) is -1.07. The third kappa shape index (κ3) is 3.40. The van der Waals surface area contributed by atoms with Crippen LogP contribution in [0.4, 0.5) is 4.39 Å². The molecule has 0 spiro atoms. The van der Waals surface area contributed by atoms with Crippen LogP contribution < -0.4 is 0 Å². The number of carboxylic acids is 2. The fourth-order valence-corrected chi connectivity index (χ4v) is 4.04. The Kier molecular flexibility index (Phi) is 4.93. The highest BCUT2D eigenvalue weighted by atomic mass is 35.5. The van der Waals surface area contributed by atoms with Crippen LogP contribution in [-0.4, -0.2) is 22.2 Å². The minimum Gasteiger partial charge on any atom is -0.481 e. The van der Waals surface area contributed by atoms with Crippen LogP contribution >= 0.6 is 11.6 Å². The summed E-state index contributed by atoms with van der Waals surface area (Å²) in [5, 5.41) is 20.1. The molecule has 1 aromatic carbocycles. The molecule has 138 valence electrons. The number of carboxylic acid groups (broad SMARTS) is 2. The first kappa shape index (κ1) is 18.6. The summed E-state index contributed by atoms with van der Waals surface area (Å²) in [7, 11) is 0. The molecule has 0 aliphatic heterocycles. The normalized spacial score (nSPS) is 25.4. The molecule has 0 aromatic heterocycles. The van der Waals surface area contributed by atoms with Crippen molar-refractivity contribution in [2.24, 2.45) is 11.3 Å². The predicted octanol–water partition coefficient (Wildman–Crippen LogP) is 4.79. The highest BCUT2D eigenvalue weighted by Gasteiger charge is 2.51. The van der Waals surface area contributed by atoms with Crippen molar-refractivity contribution in [2.75, 3.05) is 0 Å². The summed E-state index contributed by atoms with van der Waals surface area (Å²) in [6.07, 6.45) is 6.03. The molecule has 2 aliphatic carbocycles. The van der Waals surface area contributed by atoms with Gasteiger partial charge in [-0.1, -0.05) is 36.1 Å². The zero-order chi connectivity index (χ0) is 19.1. The number of halogens is 2. The van der Waals surface area contributed by atoms with E-state index >= 15 is 0 Å². The van der Waals surface area contributed by atoms with Crippen molar-refractivity contribution in [3.8, 4) is 0 Å². The molecule has 2 aliphatic rings. The molecule has 3 rings (SSSR count). The van der Waals surface area contributed by atoms with E-state index in [1.165, 1.54) is 18.2 Å². The number of allylic oxidation sites excluding steroid dienone is 2. The molecular weight excluding hydrogens is 359 g/mol. The first-order chi connectivity index (χ1) is 12.2. The van der Waals surface area contributed by atoms with Gasteiger partial charge >= 0.3 is 11.9 Å². The van der Waals surface area contributed by atoms with Crippen LogP contribution in [0.25, 0.3) is 0 Å². The third-order valence-corrected chi connectivity index (χ3v) is 5.51. The molecule has 1 fully saturated rings. The number of hydrogen-bond acceptors (Lipinski definition) is 2. The van der Waals surface area contributed by atoms with Gasteiger partial charge in [0.1, 0.15) is 5.82 Å². The molecule has 4 nitrogen and oxygen atoms in total. The summed E-state index contributed by atoms with van der Waals surface area (Å²) in [5.74, 6) is -3.73. The van der Waals surface area contributed by atoms with Gasteiger partial charge in [-0.3, -0.25) is 4.79 Å². The van der Waals surface area contributed by atoms with E-state index in [0.29, 0.717) is 17.9 Å². The van der Waals surface area contributed by atoms with E-state index in [4.69, 9.17) is 11.6 Å². The zero-order valence-electron chi connectivity index (χ0n) is 14.3. The molecule has 2 atom stereocenters. The van der Waals surface area contributed by atoms with Crippen LogP contribution in [-0.2, 0) is 9.59 Å². The molecule has 0 amide bonds. The summed E-state index contributed by atoms with van der Waals surface area (Å²) in [6, 6.07) is 3.85. The van der Waals surface area contributed by atoms with Crippen LogP contribution in [0.1, 0.15) is 44.1 Å². The standard InChI is InChI=1S/C20H20ClFO4/c1-11-8-15(18(23)24)17(14-9-13(21)4-5-16(14)22)20(10-11,19(25)26)7-6-12-2-3-12/h4-5,8-10,12,17H,2-3,6-7H2,1H3,(H,23,24)(H,25,26). The Hall–Kier alpha value is -2.14. The van der Waals surface area contributed by atoms with Crippen molar-refractivity contribution in [2.45, 2.75) is 38.5 Å². The Labute approximate surface area is 156 Å². The molecule has 1 saturated carbocycles. The van der Waals surface area contributed by atoms with Gasteiger partial charge in [0.2, 0.25) is 0 Å². The van der Waals surface area contributed by atoms with Crippen molar-refractivity contribution in [1.29, 1.82) is 0 Å². The van der Waals surface area contributed by atoms with Crippen molar-refractivity contribution in [1.82, 2.24) is 0 Å². The van der Waals surface area contributed by atoms with Gasteiger partial charge in [0.25, 0.3) is 0 Å². The number of benzene rings is 1. The molecule has 6 heteroatoms. The Morgan fingerprint density at radius 1 is 1.31 bits per heavy atom. The largest absolute Gasteiger partial charge is 0.481 e. The summed E-state index contributed by atoms with van der Waals surface area (Å²) in [6.45, 7) is 1.67. The minimum atomic E-state index is -1.51. The molecule has 0 bridgehead atoms. The van der Waals surface area contributed by atoms with E-state index in [9.17, 15) is 24.2 Å². The lowest BCUT2D eigenvalue weighted by molar-refractivity contribution is -0.147. The first-order valence-electron chi connectivity index (χ1n) is 8.57. The number of aliphatic carboxylic acids is 2. The maximum absolute atomic E-state index is 14.6. The first-order valence-corrected chi connectivity index (χ1v) is 8.95. The fraction of sp³-hybridized carbons (Fsp3) is 0.400. The summed E-state index contributed by atoms with van der Waals surface area (Å²) >= 11 is 6.01.